The second-order valence-corrected chi connectivity index (χ2v) is 5.47. The number of rotatable bonds is 0. The summed E-state index contributed by atoms with van der Waals surface area (Å²) in [6, 6.07) is 12.0. The lowest BCUT2D eigenvalue weighted by Gasteiger charge is -2.12. The molecule has 4 rings (SSSR count). The zero-order valence-electron chi connectivity index (χ0n) is 11.3. The van der Waals surface area contributed by atoms with Crippen LogP contribution in [0.5, 0.6) is 0 Å². The number of hydrogen-bond donors (Lipinski definition) is 1. The lowest BCUT2D eigenvalue weighted by atomic mass is 10.1. The van der Waals surface area contributed by atoms with Crippen LogP contribution >= 0.6 is 11.6 Å². The molecule has 0 aliphatic carbocycles. The van der Waals surface area contributed by atoms with Crippen molar-refractivity contribution in [3.05, 3.63) is 69.2 Å². The Morgan fingerprint density at radius 3 is 2.82 bits per heavy atom. The summed E-state index contributed by atoms with van der Waals surface area (Å²) in [5.41, 5.74) is 1.29. The third-order valence-electron chi connectivity index (χ3n) is 3.70. The fraction of sp³-hybridized carbons (Fsp3) is 0.0625. The summed E-state index contributed by atoms with van der Waals surface area (Å²) in [5.74, 6) is 0.226. The number of carbonyl (C=O) groups is 1. The van der Waals surface area contributed by atoms with Crippen molar-refractivity contribution in [1.82, 2.24) is 14.9 Å². The summed E-state index contributed by atoms with van der Waals surface area (Å²) in [7, 11) is 0. The molecule has 1 N–H and O–H groups in total. The fourth-order valence-electron chi connectivity index (χ4n) is 2.69. The molecule has 5 nitrogen and oxygen atoms in total. The molecule has 1 aromatic heterocycles. The first-order valence-electron chi connectivity index (χ1n) is 6.74. The van der Waals surface area contributed by atoms with Crippen LogP contribution in [0, 0.1) is 0 Å². The van der Waals surface area contributed by atoms with Crippen LogP contribution in [0.15, 0.2) is 47.3 Å². The van der Waals surface area contributed by atoms with Gasteiger partial charge in [-0.2, -0.15) is 0 Å². The second kappa shape index (κ2) is 4.68. The fourth-order valence-corrected chi connectivity index (χ4v) is 2.86. The minimum atomic E-state index is -0.272. The molecule has 0 radical (unpaired) electrons. The predicted molar refractivity (Wildman–Crippen MR) is 83.5 cm³/mol. The zero-order chi connectivity index (χ0) is 15.3. The molecule has 3 aromatic rings. The topological polar surface area (TPSA) is 64.0 Å². The van der Waals surface area contributed by atoms with Gasteiger partial charge in [0, 0.05) is 5.02 Å². The van der Waals surface area contributed by atoms with Crippen LogP contribution < -0.4 is 10.9 Å². The van der Waals surface area contributed by atoms with E-state index in [1.165, 1.54) is 4.57 Å². The van der Waals surface area contributed by atoms with Gasteiger partial charge in [0.2, 0.25) is 0 Å². The Bertz CT molecular complexity index is 994. The van der Waals surface area contributed by atoms with E-state index in [-0.39, 0.29) is 18.0 Å². The van der Waals surface area contributed by atoms with Gasteiger partial charge < -0.3 is 5.32 Å². The van der Waals surface area contributed by atoms with Crippen molar-refractivity contribution < 1.29 is 4.79 Å². The predicted octanol–water partition coefficient (Wildman–Crippen LogP) is 2.28. The Morgan fingerprint density at radius 2 is 1.95 bits per heavy atom. The SMILES string of the molecule is O=C1NCc2nc3ccccc3c(=O)n2-c2ccc(Cl)cc21. The van der Waals surface area contributed by atoms with Gasteiger partial charge in [-0.25, -0.2) is 4.98 Å². The maximum Gasteiger partial charge on any atom is 0.266 e. The van der Waals surface area contributed by atoms with Crippen LogP contribution in [-0.4, -0.2) is 15.5 Å². The highest BCUT2D eigenvalue weighted by Crippen LogP contribution is 2.23. The highest BCUT2D eigenvalue weighted by Gasteiger charge is 2.22. The van der Waals surface area contributed by atoms with Crippen molar-refractivity contribution in [2.24, 2.45) is 0 Å². The quantitative estimate of drug-likeness (QED) is 0.693. The number of para-hydroxylation sites is 1. The van der Waals surface area contributed by atoms with E-state index in [0.717, 1.165) is 0 Å². The Hall–Kier alpha value is -2.66. The number of nitrogens with zero attached hydrogens (tertiary/aromatic N) is 2. The van der Waals surface area contributed by atoms with E-state index in [0.29, 0.717) is 33.0 Å². The average molecular weight is 312 g/mol. The first-order chi connectivity index (χ1) is 10.6. The van der Waals surface area contributed by atoms with E-state index >= 15 is 0 Å². The molecular weight excluding hydrogens is 302 g/mol. The minimum absolute atomic E-state index is 0.186. The van der Waals surface area contributed by atoms with Crippen LogP contribution in [-0.2, 0) is 6.54 Å². The summed E-state index contributed by atoms with van der Waals surface area (Å²) >= 11 is 5.97. The van der Waals surface area contributed by atoms with E-state index in [9.17, 15) is 9.59 Å². The molecule has 1 aliphatic heterocycles. The maximum absolute atomic E-state index is 12.8. The number of carbonyl (C=O) groups excluding carboxylic acids is 1. The Balaban J connectivity index is 2.15. The summed E-state index contributed by atoms with van der Waals surface area (Å²) < 4.78 is 1.48. The molecule has 0 fully saturated rings. The van der Waals surface area contributed by atoms with Gasteiger partial charge in [-0.15, -0.1) is 0 Å². The molecule has 0 spiro atoms. The molecule has 0 saturated heterocycles. The third-order valence-corrected chi connectivity index (χ3v) is 3.93. The lowest BCUT2D eigenvalue weighted by molar-refractivity contribution is 0.0952. The first-order valence-corrected chi connectivity index (χ1v) is 7.12. The summed E-state index contributed by atoms with van der Waals surface area (Å²) in [5, 5.41) is 3.72. The number of amides is 1. The smallest absolute Gasteiger partial charge is 0.266 e. The van der Waals surface area contributed by atoms with Gasteiger partial charge in [0.1, 0.15) is 5.82 Å². The number of halogens is 1. The van der Waals surface area contributed by atoms with Gasteiger partial charge in [-0.1, -0.05) is 23.7 Å². The monoisotopic (exact) mass is 311 g/mol. The van der Waals surface area contributed by atoms with E-state index in [1.54, 1.807) is 36.4 Å². The maximum atomic E-state index is 12.8. The van der Waals surface area contributed by atoms with Crippen LogP contribution in [0.2, 0.25) is 5.02 Å². The van der Waals surface area contributed by atoms with Crippen molar-refractivity contribution in [2.75, 3.05) is 0 Å². The van der Waals surface area contributed by atoms with Gasteiger partial charge in [0.05, 0.1) is 28.7 Å². The molecule has 2 aromatic carbocycles. The van der Waals surface area contributed by atoms with Crippen molar-refractivity contribution in [3.8, 4) is 5.69 Å². The molecule has 0 unspecified atom stereocenters. The Kier molecular flexibility index (Phi) is 2.77. The molecule has 1 aliphatic rings. The molecule has 108 valence electrons. The largest absolute Gasteiger partial charge is 0.345 e. The van der Waals surface area contributed by atoms with Crippen LogP contribution in [0.1, 0.15) is 16.2 Å². The van der Waals surface area contributed by atoms with Crippen LogP contribution in [0.4, 0.5) is 0 Å². The molecule has 0 atom stereocenters. The average Bonchev–Trinajstić information content (AvgIpc) is 2.66. The van der Waals surface area contributed by atoms with Crippen LogP contribution in [0.25, 0.3) is 16.6 Å². The highest BCUT2D eigenvalue weighted by atomic mass is 35.5. The number of aromatic nitrogens is 2. The summed E-state index contributed by atoms with van der Waals surface area (Å²) in [6.07, 6.45) is 0. The molecular formula is C16H10ClN3O2. The highest BCUT2D eigenvalue weighted by molar-refractivity contribution is 6.31. The molecule has 6 heteroatoms. The lowest BCUT2D eigenvalue weighted by Crippen LogP contribution is -2.25. The van der Waals surface area contributed by atoms with Gasteiger partial charge in [-0.05, 0) is 30.3 Å². The third kappa shape index (κ3) is 1.83. The van der Waals surface area contributed by atoms with Gasteiger partial charge in [0.25, 0.3) is 11.5 Å². The number of nitrogens with one attached hydrogen (secondary N) is 1. The van der Waals surface area contributed by atoms with Crippen LogP contribution in [0.3, 0.4) is 0 Å². The number of fused-ring (bicyclic) bond motifs is 4. The molecule has 22 heavy (non-hydrogen) atoms. The second-order valence-electron chi connectivity index (χ2n) is 5.03. The molecule has 0 bridgehead atoms. The van der Waals surface area contributed by atoms with Crippen molar-refractivity contribution in [3.63, 3.8) is 0 Å². The number of hydrogen-bond acceptors (Lipinski definition) is 3. The summed E-state index contributed by atoms with van der Waals surface area (Å²) in [4.78, 5) is 29.6. The van der Waals surface area contributed by atoms with Gasteiger partial charge in [0.15, 0.2) is 0 Å². The van der Waals surface area contributed by atoms with E-state index in [1.807, 2.05) is 6.07 Å². The van der Waals surface area contributed by atoms with Crippen molar-refractivity contribution >= 4 is 28.4 Å². The van der Waals surface area contributed by atoms with Gasteiger partial charge in [-0.3, -0.25) is 14.2 Å². The molecule has 2 heterocycles. The Labute approximate surface area is 130 Å². The minimum Gasteiger partial charge on any atom is -0.345 e. The van der Waals surface area contributed by atoms with E-state index in [4.69, 9.17) is 11.6 Å². The molecule has 1 amide bonds. The van der Waals surface area contributed by atoms with E-state index in [2.05, 4.69) is 10.3 Å². The normalized spacial score (nSPS) is 13.2. The standard InChI is InChI=1S/C16H10ClN3O2/c17-9-5-6-13-11(7-9)15(21)18-8-14-19-12-4-2-1-3-10(12)16(22)20(13)14/h1-7H,8H2,(H,18,21). The Morgan fingerprint density at radius 1 is 1.14 bits per heavy atom. The van der Waals surface area contributed by atoms with E-state index < -0.39 is 0 Å². The van der Waals surface area contributed by atoms with Gasteiger partial charge >= 0.3 is 0 Å². The molecule has 0 saturated carbocycles. The first kappa shape index (κ1) is 13.0. The van der Waals surface area contributed by atoms with Crippen molar-refractivity contribution in [2.45, 2.75) is 6.54 Å². The number of benzene rings is 2. The zero-order valence-corrected chi connectivity index (χ0v) is 12.1. The summed E-state index contributed by atoms with van der Waals surface area (Å²) in [6.45, 7) is 0.186. The van der Waals surface area contributed by atoms with Crippen molar-refractivity contribution in [1.29, 1.82) is 0 Å².